The molecule has 0 spiro atoms. The predicted molar refractivity (Wildman–Crippen MR) is 121 cm³/mol. The van der Waals surface area contributed by atoms with Crippen molar-refractivity contribution in [3.63, 3.8) is 0 Å². The van der Waals surface area contributed by atoms with Gasteiger partial charge in [-0.2, -0.15) is 5.10 Å². The minimum Gasteiger partial charge on any atom is -0.463 e. The van der Waals surface area contributed by atoms with Crippen LogP contribution in [0.1, 0.15) is 34.9 Å². The zero-order valence-electron chi connectivity index (χ0n) is 18.1. The van der Waals surface area contributed by atoms with Crippen LogP contribution in [0.15, 0.2) is 47.6 Å². The summed E-state index contributed by atoms with van der Waals surface area (Å²) in [5.74, 6) is 0.435. The van der Waals surface area contributed by atoms with Crippen molar-refractivity contribution in [2.24, 2.45) is 0 Å². The van der Waals surface area contributed by atoms with Gasteiger partial charge in [0.05, 0.1) is 46.8 Å². The quantitative estimate of drug-likeness (QED) is 0.413. The van der Waals surface area contributed by atoms with Gasteiger partial charge in [-0.15, -0.1) is 0 Å². The van der Waals surface area contributed by atoms with E-state index >= 15 is 0 Å². The summed E-state index contributed by atoms with van der Waals surface area (Å²) in [5, 5.41) is 8.21. The summed E-state index contributed by atoms with van der Waals surface area (Å²) in [6, 6.07) is 4.92. The number of sulfone groups is 1. The first kappa shape index (κ1) is 21.4. The second-order valence-electron chi connectivity index (χ2n) is 8.23. The normalized spacial score (nSPS) is 17.5. The summed E-state index contributed by atoms with van der Waals surface area (Å²) >= 11 is 0. The predicted octanol–water partition coefficient (Wildman–Crippen LogP) is 2.38. The van der Waals surface area contributed by atoms with Gasteiger partial charge in [-0.25, -0.2) is 23.1 Å². The van der Waals surface area contributed by atoms with Gasteiger partial charge < -0.3 is 14.3 Å². The second kappa shape index (κ2) is 8.47. The molecule has 172 valence electrons. The lowest BCUT2D eigenvalue weighted by atomic mass is 10.1. The number of aryl methyl sites for hydroxylation is 2. The molecule has 1 amide bonds. The second-order valence-corrected chi connectivity index (χ2v) is 10.5. The molecular formula is C22H24N6O4S. The number of amides is 1. The third kappa shape index (κ3) is 4.28. The Labute approximate surface area is 190 Å². The third-order valence-electron chi connectivity index (χ3n) is 5.85. The van der Waals surface area contributed by atoms with Crippen molar-refractivity contribution < 1.29 is 17.6 Å². The van der Waals surface area contributed by atoms with E-state index in [0.717, 1.165) is 13.0 Å². The molecule has 4 aromatic heterocycles. The van der Waals surface area contributed by atoms with Crippen LogP contribution in [0.25, 0.3) is 22.5 Å². The summed E-state index contributed by atoms with van der Waals surface area (Å²) in [7, 11) is -3.11. The van der Waals surface area contributed by atoms with E-state index in [1.807, 2.05) is 17.7 Å². The molecule has 0 bridgehead atoms. The third-order valence-corrected chi connectivity index (χ3v) is 7.60. The van der Waals surface area contributed by atoms with Crippen molar-refractivity contribution in [1.82, 2.24) is 29.6 Å². The van der Waals surface area contributed by atoms with Gasteiger partial charge in [-0.3, -0.25) is 4.79 Å². The minimum absolute atomic E-state index is 0.0195. The highest BCUT2D eigenvalue weighted by Gasteiger charge is 2.32. The van der Waals surface area contributed by atoms with Gasteiger partial charge >= 0.3 is 0 Å². The maximum Gasteiger partial charge on any atom is 0.252 e. The Morgan fingerprint density at radius 1 is 1.36 bits per heavy atom. The van der Waals surface area contributed by atoms with Crippen LogP contribution in [0.4, 0.5) is 0 Å². The van der Waals surface area contributed by atoms with Crippen molar-refractivity contribution in [2.75, 3.05) is 18.1 Å². The molecule has 11 heteroatoms. The van der Waals surface area contributed by atoms with Crippen molar-refractivity contribution in [3.05, 3.63) is 54.4 Å². The molecular weight excluding hydrogens is 444 g/mol. The largest absolute Gasteiger partial charge is 0.463 e. The molecule has 33 heavy (non-hydrogen) atoms. The van der Waals surface area contributed by atoms with Gasteiger partial charge in [-0.1, -0.05) is 0 Å². The Balaban J connectivity index is 1.49. The Morgan fingerprint density at radius 3 is 2.94 bits per heavy atom. The Bertz CT molecular complexity index is 1390. The zero-order chi connectivity index (χ0) is 23.0. The number of carbonyl (C=O) groups is 1. The molecule has 1 N–H and O–H groups in total. The molecule has 0 radical (unpaired) electrons. The van der Waals surface area contributed by atoms with Gasteiger partial charge in [0, 0.05) is 25.5 Å². The molecule has 1 unspecified atom stereocenters. The lowest BCUT2D eigenvalue weighted by molar-refractivity contribution is 0.0954. The minimum atomic E-state index is -3.11. The zero-order valence-corrected chi connectivity index (χ0v) is 19.0. The number of imidazole rings is 1. The monoisotopic (exact) mass is 468 g/mol. The van der Waals surface area contributed by atoms with E-state index in [0.29, 0.717) is 46.7 Å². The number of carbonyl (C=O) groups excluding carboxylic acids is 1. The standard InChI is InChI=1S/C22H24N6O4S/c1-15-20-17(22(29)24-6-3-8-27-9-7-23-14-27)12-18(19-4-2-10-32-19)25-21(20)28(26-15)16-5-11-33(30,31)13-16/h2,4,7,9-10,12,14,16H,3,5-6,8,11,13H2,1H3,(H,24,29). The van der Waals surface area contributed by atoms with Crippen molar-refractivity contribution in [3.8, 4) is 11.5 Å². The average molecular weight is 469 g/mol. The molecule has 5 heterocycles. The Hall–Kier alpha value is -3.47. The SMILES string of the molecule is Cc1nn(C2CCS(=O)(=O)C2)c2nc(-c3ccco3)cc(C(=O)NCCCn3ccnc3)c12. The number of furan rings is 1. The van der Waals surface area contributed by atoms with Crippen molar-refractivity contribution >= 4 is 26.8 Å². The van der Waals surface area contributed by atoms with Crippen LogP contribution in [-0.2, 0) is 16.4 Å². The van der Waals surface area contributed by atoms with Gasteiger partial charge in [0.15, 0.2) is 21.2 Å². The van der Waals surface area contributed by atoms with E-state index in [9.17, 15) is 13.2 Å². The van der Waals surface area contributed by atoms with E-state index in [1.54, 1.807) is 41.7 Å². The molecule has 1 atom stereocenters. The van der Waals surface area contributed by atoms with Crippen LogP contribution in [0.5, 0.6) is 0 Å². The van der Waals surface area contributed by atoms with Crippen LogP contribution in [-0.4, -0.2) is 56.7 Å². The highest BCUT2D eigenvalue weighted by Crippen LogP contribution is 2.32. The van der Waals surface area contributed by atoms with E-state index in [-0.39, 0.29) is 23.5 Å². The molecule has 1 saturated heterocycles. The fourth-order valence-corrected chi connectivity index (χ4v) is 5.94. The van der Waals surface area contributed by atoms with Crippen molar-refractivity contribution in [1.29, 1.82) is 0 Å². The number of pyridine rings is 1. The first-order valence-electron chi connectivity index (χ1n) is 10.8. The van der Waals surface area contributed by atoms with E-state index in [1.165, 1.54) is 0 Å². The molecule has 1 aliphatic rings. The van der Waals surface area contributed by atoms with E-state index in [4.69, 9.17) is 9.40 Å². The average Bonchev–Trinajstić information content (AvgIpc) is 3.58. The highest BCUT2D eigenvalue weighted by atomic mass is 32.2. The Morgan fingerprint density at radius 2 is 2.24 bits per heavy atom. The summed E-state index contributed by atoms with van der Waals surface area (Å²) in [6.45, 7) is 3.05. The number of fused-ring (bicyclic) bond motifs is 1. The molecule has 0 aromatic carbocycles. The molecule has 10 nitrogen and oxygen atoms in total. The summed E-state index contributed by atoms with van der Waals surface area (Å²) < 4.78 is 33.3. The molecule has 1 fully saturated rings. The van der Waals surface area contributed by atoms with Crippen LogP contribution < -0.4 is 5.32 Å². The number of nitrogens with zero attached hydrogens (tertiary/aromatic N) is 5. The van der Waals surface area contributed by atoms with E-state index < -0.39 is 9.84 Å². The van der Waals surface area contributed by atoms with Crippen LogP contribution in [0.3, 0.4) is 0 Å². The van der Waals surface area contributed by atoms with Gasteiger partial charge in [-0.05, 0) is 38.0 Å². The summed E-state index contributed by atoms with van der Waals surface area (Å²) in [4.78, 5) is 22.0. The fourth-order valence-electron chi connectivity index (χ4n) is 4.24. The van der Waals surface area contributed by atoms with Gasteiger partial charge in [0.2, 0.25) is 0 Å². The highest BCUT2D eigenvalue weighted by molar-refractivity contribution is 7.91. The van der Waals surface area contributed by atoms with Gasteiger partial charge in [0.25, 0.3) is 5.91 Å². The Kier molecular flexibility index (Phi) is 5.49. The summed E-state index contributed by atoms with van der Waals surface area (Å²) in [6.07, 6.45) is 8.11. The van der Waals surface area contributed by atoms with Crippen LogP contribution >= 0.6 is 0 Å². The number of hydrogen-bond donors (Lipinski definition) is 1. The fraction of sp³-hybridized carbons (Fsp3) is 0.364. The number of nitrogens with one attached hydrogen (secondary N) is 1. The summed E-state index contributed by atoms with van der Waals surface area (Å²) in [5.41, 5.74) is 2.07. The maximum atomic E-state index is 13.2. The molecule has 0 aliphatic carbocycles. The molecule has 4 aromatic rings. The molecule has 1 aliphatic heterocycles. The topological polar surface area (TPSA) is 125 Å². The first-order valence-corrected chi connectivity index (χ1v) is 12.6. The van der Waals surface area contributed by atoms with Gasteiger partial charge in [0.1, 0.15) is 5.69 Å². The molecule has 5 rings (SSSR count). The van der Waals surface area contributed by atoms with E-state index in [2.05, 4.69) is 15.4 Å². The lowest BCUT2D eigenvalue weighted by Gasteiger charge is -2.12. The molecule has 0 saturated carbocycles. The van der Waals surface area contributed by atoms with Crippen LogP contribution in [0.2, 0.25) is 0 Å². The lowest BCUT2D eigenvalue weighted by Crippen LogP contribution is -2.25. The maximum absolute atomic E-state index is 13.2. The number of rotatable bonds is 7. The smallest absolute Gasteiger partial charge is 0.252 e. The van der Waals surface area contributed by atoms with Crippen LogP contribution in [0, 0.1) is 6.92 Å². The number of aromatic nitrogens is 5. The van der Waals surface area contributed by atoms with Crippen molar-refractivity contribution in [2.45, 2.75) is 32.4 Å². The number of hydrogen-bond acceptors (Lipinski definition) is 7. The first-order chi connectivity index (χ1) is 15.9.